The van der Waals surface area contributed by atoms with Crippen LogP contribution in [-0.4, -0.2) is 15.7 Å². The number of carbonyl (C=O) groups excluding carboxylic acids is 1. The van der Waals surface area contributed by atoms with E-state index in [-0.39, 0.29) is 27.9 Å². The van der Waals surface area contributed by atoms with E-state index in [1.807, 2.05) is 0 Å². The number of hydrogen-bond acceptors (Lipinski definition) is 3. The highest BCUT2D eigenvalue weighted by Gasteiger charge is 2.12. The first-order valence-electron chi connectivity index (χ1n) is 6.85. The fraction of sp³-hybridized carbons (Fsp3) is 0.0625. The van der Waals surface area contributed by atoms with Crippen LogP contribution in [0.3, 0.4) is 0 Å². The van der Waals surface area contributed by atoms with Crippen LogP contribution in [0.4, 0.5) is 5.69 Å². The Labute approximate surface area is 151 Å². The maximum absolute atomic E-state index is 12.3. The number of halogens is 3. The number of anilines is 1. The quantitative estimate of drug-likeness (QED) is 0.697. The monoisotopic (exact) mass is 381 g/mol. The molecule has 0 aliphatic carbocycles. The molecule has 0 spiro atoms. The third-order valence-electron chi connectivity index (χ3n) is 3.34. The van der Waals surface area contributed by atoms with Crippen LogP contribution in [-0.2, 0) is 11.3 Å². The molecule has 2 aromatic carbocycles. The number of rotatable bonds is 3. The van der Waals surface area contributed by atoms with Crippen LogP contribution >= 0.6 is 34.8 Å². The van der Waals surface area contributed by atoms with E-state index < -0.39 is 0 Å². The predicted molar refractivity (Wildman–Crippen MR) is 96.1 cm³/mol. The molecule has 1 N–H and O–H groups in total. The van der Waals surface area contributed by atoms with Gasteiger partial charge in [-0.3, -0.25) is 14.3 Å². The van der Waals surface area contributed by atoms with Crippen molar-refractivity contribution in [2.45, 2.75) is 6.54 Å². The SMILES string of the molecule is O=C(Cn1ncc(=O)c2ccccc21)Nc1cc(Cl)c(Cl)cc1Cl. The van der Waals surface area contributed by atoms with E-state index >= 15 is 0 Å². The number of hydrogen-bond donors (Lipinski definition) is 1. The fourth-order valence-corrected chi connectivity index (χ4v) is 2.83. The molecule has 3 aromatic rings. The van der Waals surface area contributed by atoms with E-state index in [9.17, 15) is 9.59 Å². The summed E-state index contributed by atoms with van der Waals surface area (Å²) in [4.78, 5) is 24.1. The van der Waals surface area contributed by atoms with Crippen molar-refractivity contribution in [1.82, 2.24) is 9.78 Å². The zero-order valence-corrected chi connectivity index (χ0v) is 14.4. The number of amides is 1. The average molecular weight is 383 g/mol. The van der Waals surface area contributed by atoms with Crippen LogP contribution in [0.25, 0.3) is 10.9 Å². The van der Waals surface area contributed by atoms with E-state index in [2.05, 4.69) is 10.4 Å². The van der Waals surface area contributed by atoms with E-state index in [1.54, 1.807) is 24.3 Å². The summed E-state index contributed by atoms with van der Waals surface area (Å²) in [5.74, 6) is -0.364. The summed E-state index contributed by atoms with van der Waals surface area (Å²) < 4.78 is 1.44. The van der Waals surface area contributed by atoms with Gasteiger partial charge in [0.1, 0.15) is 6.54 Å². The molecular formula is C16H10Cl3N3O2. The number of nitrogens with one attached hydrogen (secondary N) is 1. The highest BCUT2D eigenvalue weighted by atomic mass is 35.5. The molecule has 1 amide bonds. The fourth-order valence-electron chi connectivity index (χ4n) is 2.23. The van der Waals surface area contributed by atoms with Crippen LogP contribution in [0.15, 0.2) is 47.4 Å². The maximum atomic E-state index is 12.3. The minimum absolute atomic E-state index is 0.0859. The lowest BCUT2D eigenvalue weighted by molar-refractivity contribution is -0.116. The van der Waals surface area contributed by atoms with Gasteiger partial charge in [0.15, 0.2) is 0 Å². The normalized spacial score (nSPS) is 10.8. The summed E-state index contributed by atoms with van der Waals surface area (Å²) in [6, 6.07) is 9.86. The molecule has 0 aliphatic rings. The van der Waals surface area contributed by atoms with E-state index in [4.69, 9.17) is 34.8 Å². The molecule has 0 saturated carbocycles. The minimum atomic E-state index is -0.364. The summed E-state index contributed by atoms with van der Waals surface area (Å²) in [6.45, 7) is -0.0859. The summed E-state index contributed by atoms with van der Waals surface area (Å²) in [6.07, 6.45) is 1.18. The minimum Gasteiger partial charge on any atom is -0.323 e. The van der Waals surface area contributed by atoms with Gasteiger partial charge in [0.05, 0.1) is 32.5 Å². The van der Waals surface area contributed by atoms with Gasteiger partial charge < -0.3 is 5.32 Å². The number of aromatic nitrogens is 2. The number of carbonyl (C=O) groups is 1. The topological polar surface area (TPSA) is 64.0 Å². The molecular weight excluding hydrogens is 373 g/mol. The van der Waals surface area contributed by atoms with Crippen LogP contribution in [0.5, 0.6) is 0 Å². The van der Waals surface area contributed by atoms with E-state index in [0.717, 1.165) is 0 Å². The molecule has 1 heterocycles. The highest BCUT2D eigenvalue weighted by molar-refractivity contribution is 6.44. The van der Waals surface area contributed by atoms with Gasteiger partial charge in [-0.25, -0.2) is 0 Å². The van der Waals surface area contributed by atoms with Crippen molar-refractivity contribution in [3.05, 3.63) is 67.9 Å². The predicted octanol–water partition coefficient (Wildman–Crippen LogP) is 4.00. The lowest BCUT2D eigenvalue weighted by atomic mass is 10.2. The molecule has 5 nitrogen and oxygen atoms in total. The third-order valence-corrected chi connectivity index (χ3v) is 4.37. The molecule has 0 aliphatic heterocycles. The summed E-state index contributed by atoms with van der Waals surface area (Å²) in [7, 11) is 0. The van der Waals surface area contributed by atoms with E-state index in [1.165, 1.54) is 23.0 Å². The molecule has 0 saturated heterocycles. The molecule has 0 radical (unpaired) electrons. The second-order valence-electron chi connectivity index (χ2n) is 4.98. The molecule has 3 rings (SSSR count). The number of benzene rings is 2. The Morgan fingerprint density at radius 1 is 1.08 bits per heavy atom. The molecule has 0 fully saturated rings. The zero-order valence-electron chi connectivity index (χ0n) is 12.1. The number of nitrogens with zero attached hydrogens (tertiary/aromatic N) is 2. The number of fused-ring (bicyclic) bond motifs is 1. The first kappa shape index (κ1) is 16.8. The van der Waals surface area contributed by atoms with Crippen molar-refractivity contribution >= 4 is 57.3 Å². The first-order chi connectivity index (χ1) is 11.5. The Hall–Kier alpha value is -2.08. The van der Waals surface area contributed by atoms with Gasteiger partial charge in [0.25, 0.3) is 0 Å². The van der Waals surface area contributed by atoms with Crippen molar-refractivity contribution < 1.29 is 4.79 Å². The van der Waals surface area contributed by atoms with Gasteiger partial charge in [0, 0.05) is 5.39 Å². The molecule has 0 unspecified atom stereocenters. The van der Waals surface area contributed by atoms with Gasteiger partial charge in [-0.15, -0.1) is 0 Å². The lowest BCUT2D eigenvalue weighted by Crippen LogP contribution is -2.22. The molecule has 24 heavy (non-hydrogen) atoms. The number of para-hydroxylation sites is 1. The van der Waals surface area contributed by atoms with Crippen molar-refractivity contribution in [1.29, 1.82) is 0 Å². The molecule has 0 bridgehead atoms. The largest absolute Gasteiger partial charge is 0.323 e. The first-order valence-corrected chi connectivity index (χ1v) is 7.98. The smallest absolute Gasteiger partial charge is 0.246 e. The Balaban J connectivity index is 1.87. The lowest BCUT2D eigenvalue weighted by Gasteiger charge is -2.11. The summed E-state index contributed by atoms with van der Waals surface area (Å²) >= 11 is 17.8. The van der Waals surface area contributed by atoms with Crippen molar-refractivity contribution in [2.75, 3.05) is 5.32 Å². The average Bonchev–Trinajstić information content (AvgIpc) is 2.55. The third kappa shape index (κ3) is 3.38. The van der Waals surface area contributed by atoms with Crippen LogP contribution in [0.2, 0.25) is 15.1 Å². The Morgan fingerprint density at radius 2 is 1.79 bits per heavy atom. The van der Waals surface area contributed by atoms with Crippen molar-refractivity contribution in [3.8, 4) is 0 Å². The van der Waals surface area contributed by atoms with E-state index in [0.29, 0.717) is 21.6 Å². The van der Waals surface area contributed by atoms with Crippen LogP contribution in [0.1, 0.15) is 0 Å². The summed E-state index contributed by atoms with van der Waals surface area (Å²) in [5.41, 5.74) is 0.719. The van der Waals surface area contributed by atoms with Gasteiger partial charge >= 0.3 is 0 Å². The molecule has 8 heteroatoms. The van der Waals surface area contributed by atoms with Gasteiger partial charge in [-0.2, -0.15) is 5.10 Å². The van der Waals surface area contributed by atoms with Crippen LogP contribution < -0.4 is 10.7 Å². The maximum Gasteiger partial charge on any atom is 0.246 e. The standard InChI is InChI=1S/C16H10Cl3N3O2/c17-10-5-12(19)13(6-11(10)18)21-16(24)8-22-14-4-2-1-3-9(14)15(23)7-20-22/h1-7H,8H2,(H,21,24). The Kier molecular flexibility index (Phi) is 4.76. The Bertz CT molecular complexity index is 1000. The second kappa shape index (κ2) is 6.81. The highest BCUT2D eigenvalue weighted by Crippen LogP contribution is 2.32. The van der Waals surface area contributed by atoms with Crippen LogP contribution in [0, 0.1) is 0 Å². The van der Waals surface area contributed by atoms with Gasteiger partial charge in [-0.1, -0.05) is 46.9 Å². The Morgan fingerprint density at radius 3 is 2.58 bits per heavy atom. The van der Waals surface area contributed by atoms with Gasteiger partial charge in [-0.05, 0) is 24.3 Å². The second-order valence-corrected chi connectivity index (χ2v) is 6.20. The molecule has 1 aromatic heterocycles. The molecule has 122 valence electrons. The van der Waals surface area contributed by atoms with Gasteiger partial charge in [0.2, 0.25) is 11.3 Å². The van der Waals surface area contributed by atoms with Crippen molar-refractivity contribution in [3.63, 3.8) is 0 Å². The molecule has 0 atom stereocenters. The zero-order chi connectivity index (χ0) is 17.3. The summed E-state index contributed by atoms with van der Waals surface area (Å²) in [5, 5.41) is 8.01. The van der Waals surface area contributed by atoms with Crippen molar-refractivity contribution in [2.24, 2.45) is 0 Å².